The van der Waals surface area contributed by atoms with Gasteiger partial charge in [0.25, 0.3) is 0 Å². The standard InChI is InChI=1S/C12H23NO2/c1-3-13-9-10(2)12(14)8-11-4-6-15-7-5-11/h10-11,13H,3-9H2,1-2H3. The zero-order valence-corrected chi connectivity index (χ0v) is 9.92. The third kappa shape index (κ3) is 4.76. The van der Waals surface area contributed by atoms with Gasteiger partial charge < -0.3 is 10.1 Å². The maximum Gasteiger partial charge on any atom is 0.137 e. The zero-order valence-electron chi connectivity index (χ0n) is 9.92. The summed E-state index contributed by atoms with van der Waals surface area (Å²) in [6.07, 6.45) is 2.86. The van der Waals surface area contributed by atoms with Gasteiger partial charge in [-0.05, 0) is 25.3 Å². The predicted octanol–water partition coefficient (Wildman–Crippen LogP) is 1.62. The van der Waals surface area contributed by atoms with Crippen molar-refractivity contribution in [2.75, 3.05) is 26.3 Å². The fourth-order valence-electron chi connectivity index (χ4n) is 1.91. The highest BCUT2D eigenvalue weighted by Crippen LogP contribution is 2.20. The van der Waals surface area contributed by atoms with E-state index in [9.17, 15) is 4.79 Å². The van der Waals surface area contributed by atoms with Crippen molar-refractivity contribution in [1.82, 2.24) is 5.32 Å². The molecule has 1 rings (SSSR count). The molecule has 1 saturated heterocycles. The molecule has 0 aromatic rings. The first-order valence-corrected chi connectivity index (χ1v) is 6.05. The van der Waals surface area contributed by atoms with Crippen LogP contribution in [0.5, 0.6) is 0 Å². The van der Waals surface area contributed by atoms with Gasteiger partial charge in [0.15, 0.2) is 0 Å². The maximum atomic E-state index is 11.8. The first-order valence-electron chi connectivity index (χ1n) is 6.05. The molecule has 1 N–H and O–H groups in total. The average Bonchev–Trinajstić information content (AvgIpc) is 2.27. The first-order chi connectivity index (χ1) is 7.24. The van der Waals surface area contributed by atoms with Crippen LogP contribution >= 0.6 is 0 Å². The number of rotatable bonds is 6. The molecule has 0 spiro atoms. The lowest BCUT2D eigenvalue weighted by atomic mass is 9.90. The van der Waals surface area contributed by atoms with Gasteiger partial charge in [-0.15, -0.1) is 0 Å². The lowest BCUT2D eigenvalue weighted by Gasteiger charge is -2.22. The Balaban J connectivity index is 2.20. The predicted molar refractivity (Wildman–Crippen MR) is 60.9 cm³/mol. The van der Waals surface area contributed by atoms with Crippen molar-refractivity contribution in [3.8, 4) is 0 Å². The number of hydrogen-bond acceptors (Lipinski definition) is 3. The van der Waals surface area contributed by atoms with Crippen LogP contribution in [0.15, 0.2) is 0 Å². The van der Waals surface area contributed by atoms with Gasteiger partial charge in [0.05, 0.1) is 0 Å². The molecule has 1 aliphatic rings. The molecule has 1 aliphatic heterocycles. The Labute approximate surface area is 92.6 Å². The topological polar surface area (TPSA) is 38.3 Å². The smallest absolute Gasteiger partial charge is 0.137 e. The van der Waals surface area contributed by atoms with Gasteiger partial charge in [-0.3, -0.25) is 4.79 Å². The third-order valence-electron chi connectivity index (χ3n) is 3.08. The molecule has 1 unspecified atom stereocenters. The van der Waals surface area contributed by atoms with Crippen molar-refractivity contribution in [3.05, 3.63) is 0 Å². The monoisotopic (exact) mass is 213 g/mol. The quantitative estimate of drug-likeness (QED) is 0.728. The molecule has 15 heavy (non-hydrogen) atoms. The summed E-state index contributed by atoms with van der Waals surface area (Å²) in [4.78, 5) is 11.8. The van der Waals surface area contributed by atoms with Crippen LogP contribution in [-0.2, 0) is 9.53 Å². The van der Waals surface area contributed by atoms with Crippen molar-refractivity contribution in [2.24, 2.45) is 11.8 Å². The van der Waals surface area contributed by atoms with Gasteiger partial charge in [-0.1, -0.05) is 13.8 Å². The first kappa shape index (κ1) is 12.7. The summed E-state index contributed by atoms with van der Waals surface area (Å²) in [5.41, 5.74) is 0. The van der Waals surface area contributed by atoms with E-state index in [1.54, 1.807) is 0 Å². The average molecular weight is 213 g/mol. The van der Waals surface area contributed by atoms with Crippen LogP contribution in [0.25, 0.3) is 0 Å². The zero-order chi connectivity index (χ0) is 11.1. The van der Waals surface area contributed by atoms with E-state index in [1.165, 1.54) is 0 Å². The molecular weight excluding hydrogens is 190 g/mol. The van der Waals surface area contributed by atoms with Gasteiger partial charge in [0.1, 0.15) is 5.78 Å². The van der Waals surface area contributed by atoms with Gasteiger partial charge in [-0.25, -0.2) is 0 Å². The SMILES string of the molecule is CCNCC(C)C(=O)CC1CCOCC1. The van der Waals surface area contributed by atoms with E-state index >= 15 is 0 Å². The minimum atomic E-state index is 0.160. The Morgan fingerprint density at radius 3 is 2.73 bits per heavy atom. The lowest BCUT2D eigenvalue weighted by Crippen LogP contribution is -2.28. The van der Waals surface area contributed by atoms with E-state index in [4.69, 9.17) is 4.74 Å². The normalized spacial score (nSPS) is 20.1. The summed E-state index contributed by atoms with van der Waals surface area (Å²) < 4.78 is 5.28. The van der Waals surface area contributed by atoms with Gasteiger partial charge in [0.2, 0.25) is 0 Å². The molecule has 0 aromatic heterocycles. The minimum Gasteiger partial charge on any atom is -0.381 e. The van der Waals surface area contributed by atoms with Crippen molar-refractivity contribution >= 4 is 5.78 Å². The van der Waals surface area contributed by atoms with E-state index in [1.807, 2.05) is 6.92 Å². The molecule has 0 saturated carbocycles. The van der Waals surface area contributed by atoms with E-state index < -0.39 is 0 Å². The van der Waals surface area contributed by atoms with E-state index in [-0.39, 0.29) is 5.92 Å². The summed E-state index contributed by atoms with van der Waals surface area (Å²) in [5, 5.41) is 3.22. The second kappa shape index (κ2) is 6.96. The number of carbonyl (C=O) groups is 1. The Hall–Kier alpha value is -0.410. The van der Waals surface area contributed by atoms with Crippen LogP contribution in [-0.4, -0.2) is 32.1 Å². The van der Waals surface area contributed by atoms with E-state index in [2.05, 4.69) is 12.2 Å². The number of Topliss-reactive ketones (excluding diaryl/α,β-unsaturated/α-hetero) is 1. The fraction of sp³-hybridized carbons (Fsp3) is 0.917. The molecule has 0 amide bonds. The highest BCUT2D eigenvalue weighted by atomic mass is 16.5. The maximum absolute atomic E-state index is 11.8. The van der Waals surface area contributed by atoms with Crippen LogP contribution in [0.1, 0.15) is 33.1 Å². The van der Waals surface area contributed by atoms with Crippen LogP contribution in [0.2, 0.25) is 0 Å². The van der Waals surface area contributed by atoms with Crippen molar-refractivity contribution in [2.45, 2.75) is 33.1 Å². The number of ketones is 1. The lowest BCUT2D eigenvalue weighted by molar-refractivity contribution is -0.123. The molecular formula is C12H23NO2. The molecule has 0 aromatic carbocycles. The molecule has 1 fully saturated rings. The van der Waals surface area contributed by atoms with Gasteiger partial charge in [0, 0.05) is 32.1 Å². The summed E-state index contributed by atoms with van der Waals surface area (Å²) in [7, 11) is 0. The van der Waals surface area contributed by atoms with Crippen LogP contribution in [0.4, 0.5) is 0 Å². The highest BCUT2D eigenvalue weighted by Gasteiger charge is 2.20. The molecule has 1 heterocycles. The van der Waals surface area contributed by atoms with E-state index in [0.717, 1.165) is 45.6 Å². The minimum absolute atomic E-state index is 0.160. The Kier molecular flexibility index (Phi) is 5.88. The van der Waals surface area contributed by atoms with Gasteiger partial charge >= 0.3 is 0 Å². The van der Waals surface area contributed by atoms with Gasteiger partial charge in [-0.2, -0.15) is 0 Å². The molecule has 1 atom stereocenters. The Morgan fingerprint density at radius 1 is 1.47 bits per heavy atom. The number of ether oxygens (including phenoxy) is 1. The summed E-state index contributed by atoms with van der Waals surface area (Å²) in [5.74, 6) is 1.13. The highest BCUT2D eigenvalue weighted by molar-refractivity contribution is 5.81. The van der Waals surface area contributed by atoms with Crippen molar-refractivity contribution < 1.29 is 9.53 Å². The second-order valence-corrected chi connectivity index (χ2v) is 4.43. The third-order valence-corrected chi connectivity index (χ3v) is 3.08. The molecule has 3 heteroatoms. The molecule has 0 radical (unpaired) electrons. The second-order valence-electron chi connectivity index (χ2n) is 4.43. The fourth-order valence-corrected chi connectivity index (χ4v) is 1.91. The molecule has 0 bridgehead atoms. The molecule has 0 aliphatic carbocycles. The van der Waals surface area contributed by atoms with Crippen LogP contribution < -0.4 is 5.32 Å². The van der Waals surface area contributed by atoms with Crippen molar-refractivity contribution in [3.63, 3.8) is 0 Å². The van der Waals surface area contributed by atoms with Crippen LogP contribution in [0.3, 0.4) is 0 Å². The summed E-state index contributed by atoms with van der Waals surface area (Å²) in [6.45, 7) is 7.51. The Morgan fingerprint density at radius 2 is 2.13 bits per heavy atom. The molecule has 3 nitrogen and oxygen atoms in total. The largest absolute Gasteiger partial charge is 0.381 e. The number of hydrogen-bond donors (Lipinski definition) is 1. The number of carbonyl (C=O) groups excluding carboxylic acids is 1. The van der Waals surface area contributed by atoms with Crippen molar-refractivity contribution in [1.29, 1.82) is 0 Å². The summed E-state index contributed by atoms with van der Waals surface area (Å²) in [6, 6.07) is 0. The number of nitrogens with one attached hydrogen (secondary N) is 1. The van der Waals surface area contributed by atoms with Crippen LogP contribution in [0, 0.1) is 11.8 Å². The Bertz CT molecular complexity index is 188. The summed E-state index contributed by atoms with van der Waals surface area (Å²) >= 11 is 0. The molecule has 88 valence electrons. The van der Waals surface area contributed by atoms with E-state index in [0.29, 0.717) is 11.7 Å².